The Kier molecular flexibility index (Phi) is 3.63. The van der Waals surface area contributed by atoms with Gasteiger partial charge >= 0.3 is 5.97 Å². The minimum absolute atomic E-state index is 0.101. The van der Waals surface area contributed by atoms with Gasteiger partial charge in [0.25, 0.3) is 0 Å². The summed E-state index contributed by atoms with van der Waals surface area (Å²) in [5, 5.41) is 11.0. The summed E-state index contributed by atoms with van der Waals surface area (Å²) in [5.41, 5.74) is 8.33. The molecule has 3 N–H and O–H groups in total. The molecule has 2 aromatic rings. The van der Waals surface area contributed by atoms with E-state index in [2.05, 4.69) is 6.07 Å². The molecule has 2 aromatic carbocycles. The molecular weight excluding hydrogens is 226 g/mol. The Bertz CT molecular complexity index is 578. The highest BCUT2D eigenvalue weighted by Crippen LogP contribution is 2.28. The van der Waals surface area contributed by atoms with Crippen molar-refractivity contribution >= 4 is 16.7 Å². The molecule has 0 aliphatic carbocycles. The molecule has 0 aliphatic heterocycles. The number of hydrogen-bond acceptors (Lipinski definition) is 2. The molecule has 2 rings (SSSR count). The maximum Gasteiger partial charge on any atom is 0.303 e. The summed E-state index contributed by atoms with van der Waals surface area (Å²) in [6.07, 6.45) is 0.564. The first-order valence-electron chi connectivity index (χ1n) is 6.05. The quantitative estimate of drug-likeness (QED) is 0.867. The Labute approximate surface area is 106 Å². The van der Waals surface area contributed by atoms with Gasteiger partial charge in [0.1, 0.15) is 0 Å². The number of benzene rings is 2. The lowest BCUT2D eigenvalue weighted by Crippen LogP contribution is -2.14. The molecule has 0 aromatic heterocycles. The predicted octanol–water partition coefficient (Wildman–Crippen LogP) is 3.01. The van der Waals surface area contributed by atoms with Gasteiger partial charge in [-0.3, -0.25) is 4.79 Å². The third-order valence-corrected chi connectivity index (χ3v) is 3.23. The molecule has 0 aliphatic rings. The third kappa shape index (κ3) is 2.51. The molecule has 0 saturated heterocycles. The van der Waals surface area contributed by atoms with E-state index in [9.17, 15) is 4.79 Å². The van der Waals surface area contributed by atoms with Gasteiger partial charge in [0.05, 0.1) is 0 Å². The van der Waals surface area contributed by atoms with Crippen molar-refractivity contribution in [2.75, 3.05) is 0 Å². The SMILES string of the molecule is Cc1ccc2ccccc2c1C(N)CCC(=O)O. The molecule has 1 atom stereocenters. The van der Waals surface area contributed by atoms with Crippen LogP contribution in [-0.2, 0) is 4.79 Å². The summed E-state index contributed by atoms with van der Waals surface area (Å²) < 4.78 is 0. The second-order valence-electron chi connectivity index (χ2n) is 4.56. The van der Waals surface area contributed by atoms with Crippen LogP contribution in [0, 0.1) is 6.92 Å². The van der Waals surface area contributed by atoms with E-state index < -0.39 is 5.97 Å². The highest BCUT2D eigenvalue weighted by Gasteiger charge is 2.13. The summed E-state index contributed by atoms with van der Waals surface area (Å²) in [5.74, 6) is -0.802. The average molecular weight is 243 g/mol. The molecule has 0 saturated carbocycles. The lowest BCUT2D eigenvalue weighted by Gasteiger charge is -2.17. The molecule has 18 heavy (non-hydrogen) atoms. The van der Waals surface area contributed by atoms with Crippen LogP contribution in [0.25, 0.3) is 10.8 Å². The monoisotopic (exact) mass is 243 g/mol. The largest absolute Gasteiger partial charge is 0.481 e. The fourth-order valence-electron chi connectivity index (χ4n) is 2.32. The van der Waals surface area contributed by atoms with Crippen molar-refractivity contribution in [2.45, 2.75) is 25.8 Å². The van der Waals surface area contributed by atoms with Gasteiger partial charge in [-0.1, -0.05) is 36.4 Å². The van der Waals surface area contributed by atoms with Crippen LogP contribution in [0.15, 0.2) is 36.4 Å². The molecule has 1 unspecified atom stereocenters. The number of fused-ring (bicyclic) bond motifs is 1. The number of aryl methyl sites for hydroxylation is 1. The van der Waals surface area contributed by atoms with Gasteiger partial charge < -0.3 is 10.8 Å². The second-order valence-corrected chi connectivity index (χ2v) is 4.56. The third-order valence-electron chi connectivity index (χ3n) is 3.23. The molecule has 0 bridgehead atoms. The van der Waals surface area contributed by atoms with E-state index in [1.165, 1.54) is 0 Å². The number of carbonyl (C=O) groups is 1. The standard InChI is InChI=1S/C15H17NO2/c1-10-6-7-11-4-2-3-5-12(11)15(10)13(16)8-9-14(17)18/h2-7,13H,8-9,16H2,1H3,(H,17,18). The van der Waals surface area contributed by atoms with Crippen molar-refractivity contribution in [3.8, 4) is 0 Å². The van der Waals surface area contributed by atoms with Crippen LogP contribution < -0.4 is 5.73 Å². The lowest BCUT2D eigenvalue weighted by atomic mass is 9.92. The molecule has 3 nitrogen and oxygen atoms in total. The van der Waals surface area contributed by atoms with Crippen LogP contribution in [0.4, 0.5) is 0 Å². The van der Waals surface area contributed by atoms with Crippen molar-refractivity contribution in [1.82, 2.24) is 0 Å². The van der Waals surface area contributed by atoms with Crippen molar-refractivity contribution in [1.29, 1.82) is 0 Å². The summed E-state index contributed by atoms with van der Waals surface area (Å²) in [6, 6.07) is 11.9. The van der Waals surface area contributed by atoms with Gasteiger partial charge in [0, 0.05) is 12.5 Å². The Morgan fingerprint density at radius 2 is 2.00 bits per heavy atom. The van der Waals surface area contributed by atoms with E-state index in [1.807, 2.05) is 37.3 Å². The molecule has 94 valence electrons. The number of aliphatic carboxylic acids is 1. The van der Waals surface area contributed by atoms with E-state index in [0.717, 1.165) is 21.9 Å². The molecule has 3 heteroatoms. The van der Waals surface area contributed by atoms with E-state index in [0.29, 0.717) is 6.42 Å². The zero-order chi connectivity index (χ0) is 13.1. The summed E-state index contributed by atoms with van der Waals surface area (Å²) in [6.45, 7) is 2.02. The number of hydrogen-bond donors (Lipinski definition) is 2. The topological polar surface area (TPSA) is 63.3 Å². The molecule has 0 heterocycles. The Morgan fingerprint density at radius 3 is 2.72 bits per heavy atom. The van der Waals surface area contributed by atoms with Crippen molar-refractivity contribution in [3.05, 3.63) is 47.5 Å². The molecule has 0 amide bonds. The summed E-state index contributed by atoms with van der Waals surface area (Å²) in [4.78, 5) is 10.6. The first-order chi connectivity index (χ1) is 8.59. The van der Waals surface area contributed by atoms with Gasteiger partial charge in [-0.15, -0.1) is 0 Å². The minimum atomic E-state index is -0.802. The zero-order valence-electron chi connectivity index (χ0n) is 10.4. The van der Waals surface area contributed by atoms with E-state index in [-0.39, 0.29) is 12.5 Å². The Balaban J connectivity index is 2.42. The first kappa shape index (κ1) is 12.6. The highest BCUT2D eigenvalue weighted by molar-refractivity contribution is 5.87. The lowest BCUT2D eigenvalue weighted by molar-refractivity contribution is -0.137. The summed E-state index contributed by atoms with van der Waals surface area (Å²) in [7, 11) is 0. The van der Waals surface area contributed by atoms with Crippen LogP contribution in [0.1, 0.15) is 30.0 Å². The van der Waals surface area contributed by atoms with Crippen molar-refractivity contribution in [2.24, 2.45) is 5.73 Å². The van der Waals surface area contributed by atoms with Crippen LogP contribution >= 0.6 is 0 Å². The molecular formula is C15H17NO2. The first-order valence-corrected chi connectivity index (χ1v) is 6.05. The van der Waals surface area contributed by atoms with E-state index >= 15 is 0 Å². The normalized spacial score (nSPS) is 12.6. The van der Waals surface area contributed by atoms with Gasteiger partial charge in [-0.25, -0.2) is 0 Å². The van der Waals surface area contributed by atoms with Crippen molar-refractivity contribution < 1.29 is 9.90 Å². The van der Waals surface area contributed by atoms with Gasteiger partial charge in [-0.2, -0.15) is 0 Å². The van der Waals surface area contributed by atoms with Crippen LogP contribution in [-0.4, -0.2) is 11.1 Å². The average Bonchev–Trinajstić information content (AvgIpc) is 2.36. The van der Waals surface area contributed by atoms with E-state index in [1.54, 1.807) is 0 Å². The highest BCUT2D eigenvalue weighted by atomic mass is 16.4. The smallest absolute Gasteiger partial charge is 0.303 e. The fraction of sp³-hybridized carbons (Fsp3) is 0.267. The van der Waals surface area contributed by atoms with Crippen LogP contribution in [0.5, 0.6) is 0 Å². The zero-order valence-corrected chi connectivity index (χ0v) is 10.4. The minimum Gasteiger partial charge on any atom is -0.481 e. The number of rotatable bonds is 4. The maximum absolute atomic E-state index is 10.6. The molecule has 0 fully saturated rings. The number of carboxylic acids is 1. The Hall–Kier alpha value is -1.87. The van der Waals surface area contributed by atoms with Gasteiger partial charge in [0.2, 0.25) is 0 Å². The van der Waals surface area contributed by atoms with Gasteiger partial charge in [0.15, 0.2) is 0 Å². The number of nitrogens with two attached hydrogens (primary N) is 1. The van der Waals surface area contributed by atoms with E-state index in [4.69, 9.17) is 10.8 Å². The maximum atomic E-state index is 10.6. The van der Waals surface area contributed by atoms with Gasteiger partial charge in [-0.05, 0) is 35.2 Å². The summed E-state index contributed by atoms with van der Waals surface area (Å²) >= 11 is 0. The van der Waals surface area contributed by atoms with Crippen LogP contribution in [0.3, 0.4) is 0 Å². The second kappa shape index (κ2) is 5.19. The van der Waals surface area contributed by atoms with Crippen LogP contribution in [0.2, 0.25) is 0 Å². The van der Waals surface area contributed by atoms with Crippen molar-refractivity contribution in [3.63, 3.8) is 0 Å². The molecule has 0 spiro atoms. The molecule has 0 radical (unpaired) electrons. The Morgan fingerprint density at radius 1 is 1.28 bits per heavy atom. The number of carboxylic acid groups (broad SMARTS) is 1. The predicted molar refractivity (Wildman–Crippen MR) is 72.5 cm³/mol. The fourth-order valence-corrected chi connectivity index (χ4v) is 2.32.